The van der Waals surface area contributed by atoms with Crippen LogP contribution in [0, 0.1) is 0 Å². The SMILES string of the molecule is O=C(NCC1(O)CCC1)NCC1(c2ccccc2Cl)CC1. The Hall–Kier alpha value is -1.26. The normalized spacial score (nSPS) is 21.2. The number of hydrogen-bond donors (Lipinski definition) is 3. The lowest BCUT2D eigenvalue weighted by molar-refractivity contribution is -0.0290. The van der Waals surface area contributed by atoms with Crippen molar-refractivity contribution in [1.29, 1.82) is 0 Å². The van der Waals surface area contributed by atoms with Gasteiger partial charge in [-0.2, -0.15) is 0 Å². The van der Waals surface area contributed by atoms with E-state index in [4.69, 9.17) is 11.6 Å². The fraction of sp³-hybridized carbons (Fsp3) is 0.562. The molecular formula is C16H21ClN2O2. The molecular weight excluding hydrogens is 288 g/mol. The molecule has 0 atom stereocenters. The van der Waals surface area contributed by atoms with E-state index in [-0.39, 0.29) is 11.4 Å². The zero-order chi connectivity index (χ0) is 14.9. The minimum Gasteiger partial charge on any atom is -0.388 e. The smallest absolute Gasteiger partial charge is 0.314 e. The first kappa shape index (κ1) is 14.7. The average Bonchev–Trinajstić information content (AvgIpc) is 3.22. The highest BCUT2D eigenvalue weighted by Gasteiger charge is 2.45. The third kappa shape index (κ3) is 3.16. The largest absolute Gasteiger partial charge is 0.388 e. The molecule has 21 heavy (non-hydrogen) atoms. The Bertz CT molecular complexity index is 539. The standard InChI is InChI=1S/C16H21ClN2O2/c17-13-5-2-1-4-12(13)15(8-9-15)10-18-14(20)19-11-16(21)6-3-7-16/h1-2,4-5,21H,3,6-11H2,(H2,18,19,20). The van der Waals surface area contributed by atoms with Crippen molar-refractivity contribution < 1.29 is 9.90 Å². The maximum absolute atomic E-state index is 11.9. The molecule has 0 aromatic heterocycles. The van der Waals surface area contributed by atoms with Crippen molar-refractivity contribution in [3.8, 4) is 0 Å². The van der Waals surface area contributed by atoms with Crippen molar-refractivity contribution >= 4 is 17.6 Å². The number of aliphatic hydroxyl groups is 1. The van der Waals surface area contributed by atoms with Crippen LogP contribution >= 0.6 is 11.6 Å². The Labute approximate surface area is 129 Å². The van der Waals surface area contributed by atoms with Gasteiger partial charge in [-0.1, -0.05) is 29.8 Å². The molecule has 3 N–H and O–H groups in total. The van der Waals surface area contributed by atoms with Crippen molar-refractivity contribution in [1.82, 2.24) is 10.6 Å². The fourth-order valence-electron chi connectivity index (χ4n) is 2.90. The van der Waals surface area contributed by atoms with Gasteiger partial charge in [-0.05, 0) is 43.7 Å². The van der Waals surface area contributed by atoms with Crippen molar-refractivity contribution in [3.63, 3.8) is 0 Å². The first-order chi connectivity index (χ1) is 10.0. The molecule has 114 valence electrons. The highest BCUT2D eigenvalue weighted by molar-refractivity contribution is 6.31. The molecule has 0 radical (unpaired) electrons. The van der Waals surface area contributed by atoms with Gasteiger partial charge in [0.25, 0.3) is 0 Å². The van der Waals surface area contributed by atoms with E-state index < -0.39 is 5.60 Å². The summed E-state index contributed by atoms with van der Waals surface area (Å²) in [6.07, 6.45) is 4.67. The number of amides is 2. The molecule has 1 aromatic rings. The molecule has 2 aliphatic carbocycles. The van der Waals surface area contributed by atoms with E-state index in [0.29, 0.717) is 13.1 Å². The summed E-state index contributed by atoms with van der Waals surface area (Å²) in [6, 6.07) is 7.61. The number of rotatable bonds is 5. The molecule has 2 fully saturated rings. The highest BCUT2D eigenvalue weighted by atomic mass is 35.5. The van der Waals surface area contributed by atoms with Gasteiger partial charge >= 0.3 is 6.03 Å². The molecule has 2 saturated carbocycles. The Morgan fingerprint density at radius 3 is 2.38 bits per heavy atom. The Kier molecular flexibility index (Phi) is 3.84. The van der Waals surface area contributed by atoms with Gasteiger partial charge in [-0.25, -0.2) is 4.79 Å². The molecule has 1 aromatic carbocycles. The van der Waals surface area contributed by atoms with Crippen LogP contribution in [0.2, 0.25) is 5.02 Å². The van der Waals surface area contributed by atoms with Gasteiger partial charge in [0.1, 0.15) is 0 Å². The number of nitrogens with one attached hydrogen (secondary N) is 2. The summed E-state index contributed by atoms with van der Waals surface area (Å²) in [4.78, 5) is 11.9. The lowest BCUT2D eigenvalue weighted by atomic mass is 9.80. The third-order valence-corrected chi connectivity index (χ3v) is 5.08. The molecule has 0 bridgehead atoms. The number of halogens is 1. The lowest BCUT2D eigenvalue weighted by Gasteiger charge is -2.36. The second-order valence-electron chi connectivity index (χ2n) is 6.37. The summed E-state index contributed by atoms with van der Waals surface area (Å²) < 4.78 is 0. The van der Waals surface area contributed by atoms with Crippen molar-refractivity contribution in [2.45, 2.75) is 43.1 Å². The van der Waals surface area contributed by atoms with Crippen LogP contribution in [-0.2, 0) is 5.41 Å². The summed E-state index contributed by atoms with van der Waals surface area (Å²) in [5, 5.41) is 16.4. The van der Waals surface area contributed by atoms with Crippen LogP contribution in [-0.4, -0.2) is 29.8 Å². The molecule has 0 heterocycles. The summed E-state index contributed by atoms with van der Waals surface area (Å²) in [5.41, 5.74) is 0.421. The quantitative estimate of drug-likeness (QED) is 0.783. The molecule has 3 rings (SSSR count). The van der Waals surface area contributed by atoms with Gasteiger partial charge < -0.3 is 15.7 Å². The summed E-state index contributed by atoms with van der Waals surface area (Å²) in [5.74, 6) is 0. The number of hydrogen-bond acceptors (Lipinski definition) is 2. The van der Waals surface area contributed by atoms with E-state index in [1.165, 1.54) is 0 Å². The molecule has 5 heteroatoms. The first-order valence-electron chi connectivity index (χ1n) is 7.52. The van der Waals surface area contributed by atoms with E-state index in [9.17, 15) is 9.90 Å². The Balaban J connectivity index is 1.50. The molecule has 0 spiro atoms. The molecule has 4 nitrogen and oxygen atoms in total. The number of carbonyl (C=O) groups excluding carboxylic acids is 1. The van der Waals surface area contributed by atoms with Gasteiger partial charge in [0.15, 0.2) is 0 Å². The zero-order valence-corrected chi connectivity index (χ0v) is 12.7. The third-order valence-electron chi connectivity index (χ3n) is 4.75. The van der Waals surface area contributed by atoms with Crippen LogP contribution in [0.15, 0.2) is 24.3 Å². The maximum atomic E-state index is 11.9. The Morgan fingerprint density at radius 1 is 1.14 bits per heavy atom. The minimum absolute atomic E-state index is 0.0109. The topological polar surface area (TPSA) is 61.4 Å². The first-order valence-corrected chi connectivity index (χ1v) is 7.90. The summed E-state index contributed by atoms with van der Waals surface area (Å²) in [7, 11) is 0. The minimum atomic E-state index is -0.683. The lowest BCUT2D eigenvalue weighted by Crippen LogP contribution is -2.50. The second-order valence-corrected chi connectivity index (χ2v) is 6.78. The zero-order valence-electron chi connectivity index (χ0n) is 12.0. The van der Waals surface area contributed by atoms with Gasteiger partial charge in [-0.15, -0.1) is 0 Å². The molecule has 0 aliphatic heterocycles. The van der Waals surface area contributed by atoms with Gasteiger partial charge in [0.05, 0.1) is 5.60 Å². The second kappa shape index (κ2) is 5.50. The molecule has 0 saturated heterocycles. The van der Waals surface area contributed by atoms with E-state index in [1.807, 2.05) is 24.3 Å². The summed E-state index contributed by atoms with van der Waals surface area (Å²) >= 11 is 6.25. The van der Waals surface area contributed by atoms with Crippen LogP contribution in [0.1, 0.15) is 37.7 Å². The van der Waals surface area contributed by atoms with E-state index >= 15 is 0 Å². The highest BCUT2D eigenvalue weighted by Crippen LogP contribution is 2.49. The summed E-state index contributed by atoms with van der Waals surface area (Å²) in [6.45, 7) is 0.916. The monoisotopic (exact) mass is 308 g/mol. The number of carbonyl (C=O) groups is 1. The molecule has 2 aliphatic rings. The maximum Gasteiger partial charge on any atom is 0.314 e. The van der Waals surface area contributed by atoms with Crippen LogP contribution in [0.4, 0.5) is 4.79 Å². The van der Waals surface area contributed by atoms with E-state index in [2.05, 4.69) is 10.6 Å². The van der Waals surface area contributed by atoms with Crippen LogP contribution in [0.3, 0.4) is 0 Å². The van der Waals surface area contributed by atoms with Crippen molar-refractivity contribution in [2.24, 2.45) is 0 Å². The molecule has 2 amide bonds. The van der Waals surface area contributed by atoms with E-state index in [0.717, 1.165) is 42.7 Å². The Morgan fingerprint density at radius 2 is 1.81 bits per heavy atom. The molecule has 0 unspecified atom stereocenters. The number of urea groups is 1. The van der Waals surface area contributed by atoms with Gasteiger partial charge in [0, 0.05) is 23.5 Å². The van der Waals surface area contributed by atoms with Gasteiger partial charge in [-0.3, -0.25) is 0 Å². The van der Waals surface area contributed by atoms with Crippen molar-refractivity contribution in [2.75, 3.05) is 13.1 Å². The van der Waals surface area contributed by atoms with Crippen LogP contribution in [0.5, 0.6) is 0 Å². The van der Waals surface area contributed by atoms with Crippen LogP contribution < -0.4 is 10.6 Å². The van der Waals surface area contributed by atoms with Crippen molar-refractivity contribution in [3.05, 3.63) is 34.9 Å². The van der Waals surface area contributed by atoms with Crippen LogP contribution in [0.25, 0.3) is 0 Å². The predicted octanol–water partition coefficient (Wildman–Crippen LogP) is 2.59. The van der Waals surface area contributed by atoms with Gasteiger partial charge in [0.2, 0.25) is 0 Å². The average molecular weight is 309 g/mol. The predicted molar refractivity (Wildman–Crippen MR) is 82.6 cm³/mol. The van der Waals surface area contributed by atoms with E-state index in [1.54, 1.807) is 0 Å². The number of benzene rings is 1. The fourth-order valence-corrected chi connectivity index (χ4v) is 3.24.